The highest BCUT2D eigenvalue weighted by Crippen LogP contribution is 2.33. The van der Waals surface area contributed by atoms with Crippen molar-refractivity contribution in [3.05, 3.63) is 46.4 Å². The van der Waals surface area contributed by atoms with Crippen molar-refractivity contribution in [3.8, 4) is 5.75 Å². The van der Waals surface area contributed by atoms with E-state index in [4.69, 9.17) is 10.5 Å². The molecule has 0 radical (unpaired) electrons. The standard InChI is InChI=1S/C13H12N4O3/c14-8-1-3-10-11(7-8)20-6-5-17(10)13(19)9-2-4-12(18)16-15-9/h1-4,7H,5-6,14H2,(H,16,18). The number of hydrogen-bond donors (Lipinski definition) is 2. The number of carbonyl (C=O) groups is 1. The quantitative estimate of drug-likeness (QED) is 0.731. The smallest absolute Gasteiger partial charge is 0.278 e. The summed E-state index contributed by atoms with van der Waals surface area (Å²) in [6.45, 7) is 0.794. The van der Waals surface area contributed by atoms with Crippen LogP contribution in [0, 0.1) is 0 Å². The van der Waals surface area contributed by atoms with Gasteiger partial charge in [-0.05, 0) is 18.2 Å². The van der Waals surface area contributed by atoms with Gasteiger partial charge in [-0.1, -0.05) is 0 Å². The molecule has 2 heterocycles. The Bertz CT molecular complexity index is 705. The molecule has 0 spiro atoms. The molecular weight excluding hydrogens is 260 g/mol. The van der Waals surface area contributed by atoms with Gasteiger partial charge in [0.05, 0.1) is 12.2 Å². The number of aromatic amines is 1. The molecule has 3 rings (SSSR count). The molecule has 1 aromatic heterocycles. The number of carbonyl (C=O) groups excluding carboxylic acids is 1. The van der Waals surface area contributed by atoms with Crippen molar-refractivity contribution >= 4 is 17.3 Å². The second-order valence-corrected chi connectivity index (χ2v) is 4.34. The molecule has 1 aliphatic rings. The van der Waals surface area contributed by atoms with Gasteiger partial charge in [-0.2, -0.15) is 5.10 Å². The summed E-state index contributed by atoms with van der Waals surface area (Å²) in [5, 5.41) is 6.00. The van der Waals surface area contributed by atoms with Crippen molar-refractivity contribution < 1.29 is 9.53 Å². The Hall–Kier alpha value is -2.83. The Morgan fingerprint density at radius 1 is 1.35 bits per heavy atom. The van der Waals surface area contributed by atoms with Crippen LogP contribution in [0.5, 0.6) is 5.75 Å². The van der Waals surface area contributed by atoms with E-state index in [-0.39, 0.29) is 17.2 Å². The number of nitrogens with zero attached hydrogens (tertiary/aromatic N) is 2. The lowest BCUT2D eigenvalue weighted by molar-refractivity contribution is 0.0970. The maximum atomic E-state index is 12.4. The van der Waals surface area contributed by atoms with Crippen LogP contribution in [0.15, 0.2) is 35.1 Å². The molecule has 7 nitrogen and oxygen atoms in total. The minimum absolute atomic E-state index is 0.175. The molecular formula is C13H12N4O3. The van der Waals surface area contributed by atoms with E-state index in [1.54, 1.807) is 23.1 Å². The first-order chi connectivity index (χ1) is 9.65. The van der Waals surface area contributed by atoms with E-state index in [0.29, 0.717) is 30.3 Å². The van der Waals surface area contributed by atoms with Gasteiger partial charge in [0.25, 0.3) is 11.5 Å². The van der Waals surface area contributed by atoms with Crippen molar-refractivity contribution in [1.82, 2.24) is 10.2 Å². The molecule has 0 unspecified atom stereocenters. The summed E-state index contributed by atoms with van der Waals surface area (Å²) in [6, 6.07) is 7.77. The van der Waals surface area contributed by atoms with Crippen LogP contribution in [-0.4, -0.2) is 29.3 Å². The fourth-order valence-electron chi connectivity index (χ4n) is 2.05. The Labute approximate surface area is 114 Å². The summed E-state index contributed by atoms with van der Waals surface area (Å²) in [7, 11) is 0. The van der Waals surface area contributed by atoms with Crippen LogP contribution in [0.2, 0.25) is 0 Å². The number of nitrogens with two attached hydrogens (primary N) is 1. The van der Waals surface area contributed by atoms with Gasteiger partial charge in [0.2, 0.25) is 0 Å². The molecule has 0 aliphatic carbocycles. The maximum Gasteiger partial charge on any atom is 0.278 e. The van der Waals surface area contributed by atoms with Crippen LogP contribution in [0.3, 0.4) is 0 Å². The summed E-state index contributed by atoms with van der Waals surface area (Å²) in [4.78, 5) is 24.9. The van der Waals surface area contributed by atoms with Crippen LogP contribution in [0.1, 0.15) is 10.5 Å². The predicted molar refractivity (Wildman–Crippen MR) is 72.9 cm³/mol. The molecule has 1 aliphatic heterocycles. The number of rotatable bonds is 1. The Morgan fingerprint density at radius 2 is 2.20 bits per heavy atom. The van der Waals surface area contributed by atoms with Crippen molar-refractivity contribution in [1.29, 1.82) is 0 Å². The van der Waals surface area contributed by atoms with Crippen LogP contribution >= 0.6 is 0 Å². The first-order valence-corrected chi connectivity index (χ1v) is 6.05. The highest BCUT2D eigenvalue weighted by Gasteiger charge is 2.25. The predicted octanol–water partition coefficient (Wildman–Crippen LogP) is 0.391. The topological polar surface area (TPSA) is 101 Å². The van der Waals surface area contributed by atoms with E-state index < -0.39 is 0 Å². The third-order valence-corrected chi connectivity index (χ3v) is 2.99. The van der Waals surface area contributed by atoms with Crippen molar-refractivity contribution in [3.63, 3.8) is 0 Å². The molecule has 20 heavy (non-hydrogen) atoms. The molecule has 1 amide bonds. The van der Waals surface area contributed by atoms with Gasteiger partial charge in [-0.15, -0.1) is 0 Å². The van der Waals surface area contributed by atoms with Crippen LogP contribution in [0.25, 0.3) is 0 Å². The van der Waals surface area contributed by atoms with Crippen molar-refractivity contribution in [2.24, 2.45) is 0 Å². The number of aromatic nitrogens is 2. The van der Waals surface area contributed by atoms with Crippen LogP contribution in [-0.2, 0) is 0 Å². The van der Waals surface area contributed by atoms with E-state index in [9.17, 15) is 9.59 Å². The number of nitrogen functional groups attached to an aromatic ring is 1. The molecule has 1 aromatic carbocycles. The second kappa shape index (κ2) is 4.69. The Balaban J connectivity index is 1.98. The van der Waals surface area contributed by atoms with Crippen molar-refractivity contribution in [2.75, 3.05) is 23.8 Å². The highest BCUT2D eigenvalue weighted by atomic mass is 16.5. The lowest BCUT2D eigenvalue weighted by Gasteiger charge is -2.29. The van der Waals surface area contributed by atoms with E-state index in [1.165, 1.54) is 12.1 Å². The van der Waals surface area contributed by atoms with Gasteiger partial charge in [-0.25, -0.2) is 5.10 Å². The second-order valence-electron chi connectivity index (χ2n) is 4.34. The largest absolute Gasteiger partial charge is 0.489 e. The first kappa shape index (κ1) is 12.2. The molecule has 0 atom stereocenters. The van der Waals surface area contributed by atoms with Gasteiger partial charge < -0.3 is 15.4 Å². The molecule has 2 aromatic rings. The summed E-state index contributed by atoms with van der Waals surface area (Å²) in [6.07, 6.45) is 0. The molecule has 102 valence electrons. The van der Waals surface area contributed by atoms with E-state index in [2.05, 4.69) is 10.2 Å². The average Bonchev–Trinajstić information content (AvgIpc) is 2.46. The van der Waals surface area contributed by atoms with E-state index >= 15 is 0 Å². The molecule has 0 fully saturated rings. The SMILES string of the molecule is Nc1ccc2c(c1)OCCN2C(=O)c1ccc(=O)[nH]n1. The minimum Gasteiger partial charge on any atom is -0.489 e. The number of ether oxygens (including phenoxy) is 1. The summed E-state index contributed by atoms with van der Waals surface area (Å²) in [5.74, 6) is 0.268. The van der Waals surface area contributed by atoms with Gasteiger partial charge in [-0.3, -0.25) is 9.59 Å². The summed E-state index contributed by atoms with van der Waals surface area (Å²) < 4.78 is 5.49. The summed E-state index contributed by atoms with van der Waals surface area (Å²) in [5.41, 5.74) is 6.73. The maximum absolute atomic E-state index is 12.4. The number of hydrogen-bond acceptors (Lipinski definition) is 5. The zero-order valence-corrected chi connectivity index (χ0v) is 10.5. The van der Waals surface area contributed by atoms with Crippen LogP contribution in [0.4, 0.5) is 11.4 Å². The normalized spacial score (nSPS) is 13.5. The lowest BCUT2D eigenvalue weighted by atomic mass is 10.2. The number of nitrogens with one attached hydrogen (secondary N) is 1. The molecule has 0 bridgehead atoms. The minimum atomic E-state index is -0.350. The molecule has 0 saturated heterocycles. The number of benzene rings is 1. The van der Waals surface area contributed by atoms with E-state index in [0.717, 1.165) is 0 Å². The van der Waals surface area contributed by atoms with Crippen molar-refractivity contribution in [2.45, 2.75) is 0 Å². The highest BCUT2D eigenvalue weighted by molar-refractivity contribution is 6.05. The lowest BCUT2D eigenvalue weighted by Crippen LogP contribution is -2.38. The Kier molecular flexibility index (Phi) is 2.86. The number of amides is 1. The third-order valence-electron chi connectivity index (χ3n) is 2.99. The van der Waals surface area contributed by atoms with Gasteiger partial charge >= 0.3 is 0 Å². The molecule has 7 heteroatoms. The zero-order valence-electron chi connectivity index (χ0n) is 10.5. The van der Waals surface area contributed by atoms with E-state index in [1.807, 2.05) is 0 Å². The van der Waals surface area contributed by atoms with Gasteiger partial charge in [0.1, 0.15) is 18.1 Å². The number of H-pyrrole nitrogens is 1. The Morgan fingerprint density at radius 3 is 2.95 bits per heavy atom. The fraction of sp³-hybridized carbons (Fsp3) is 0.154. The van der Waals surface area contributed by atoms with Crippen LogP contribution < -0.4 is 20.9 Å². The average molecular weight is 272 g/mol. The fourth-order valence-corrected chi connectivity index (χ4v) is 2.05. The molecule has 3 N–H and O–H groups in total. The number of anilines is 2. The van der Waals surface area contributed by atoms with Gasteiger partial charge in [0, 0.05) is 17.8 Å². The third kappa shape index (κ3) is 2.09. The first-order valence-electron chi connectivity index (χ1n) is 6.05. The summed E-state index contributed by atoms with van der Waals surface area (Å²) >= 11 is 0. The van der Waals surface area contributed by atoms with Gasteiger partial charge in [0.15, 0.2) is 0 Å². The zero-order chi connectivity index (χ0) is 14.1. The molecule has 0 saturated carbocycles. The number of fused-ring (bicyclic) bond motifs is 1. The monoisotopic (exact) mass is 272 g/mol.